The number of allylic oxidation sites excluding steroid dienone is 4. The van der Waals surface area contributed by atoms with Crippen LogP contribution in [0.3, 0.4) is 0 Å². The zero-order valence-corrected chi connectivity index (χ0v) is 18.6. The molecule has 1 unspecified atom stereocenters. The van der Waals surface area contributed by atoms with Crippen LogP contribution >= 0.6 is 0 Å². The lowest BCUT2D eigenvalue weighted by molar-refractivity contribution is -0.131. The fraction of sp³-hybridized carbons (Fsp3) is 0.714. The molecule has 0 aromatic heterocycles. The molecular formula is C21H34N4O3S. The Morgan fingerprint density at radius 2 is 2.00 bits per heavy atom. The van der Waals surface area contributed by atoms with Crippen LogP contribution < -0.4 is 5.32 Å². The van der Waals surface area contributed by atoms with Crippen LogP contribution in [-0.4, -0.2) is 54.7 Å². The molecule has 0 aromatic carbocycles. The lowest BCUT2D eigenvalue weighted by Gasteiger charge is -2.32. The van der Waals surface area contributed by atoms with Gasteiger partial charge < -0.3 is 5.32 Å². The van der Waals surface area contributed by atoms with E-state index in [4.69, 9.17) is 5.41 Å². The van der Waals surface area contributed by atoms with Crippen molar-refractivity contribution in [1.82, 2.24) is 14.5 Å². The number of rotatable bonds is 7. The molecule has 2 aliphatic heterocycles. The Bertz CT molecular complexity index is 810. The highest BCUT2D eigenvalue weighted by Crippen LogP contribution is 2.29. The number of amides is 1. The van der Waals surface area contributed by atoms with Crippen molar-refractivity contribution in [3.63, 3.8) is 0 Å². The van der Waals surface area contributed by atoms with E-state index < -0.39 is 15.6 Å². The van der Waals surface area contributed by atoms with E-state index in [0.29, 0.717) is 49.2 Å². The predicted octanol–water partition coefficient (Wildman–Crippen LogP) is 2.82. The Hall–Kier alpha value is -1.67. The van der Waals surface area contributed by atoms with Gasteiger partial charge in [0.2, 0.25) is 10.0 Å². The van der Waals surface area contributed by atoms with Gasteiger partial charge in [0.1, 0.15) is 5.54 Å². The highest BCUT2D eigenvalue weighted by atomic mass is 32.2. The minimum atomic E-state index is -3.35. The minimum absolute atomic E-state index is 0.0199. The maximum atomic E-state index is 12.8. The lowest BCUT2D eigenvalue weighted by atomic mass is 9.90. The van der Waals surface area contributed by atoms with Crippen LogP contribution in [-0.2, 0) is 14.8 Å². The number of nitrogens with one attached hydrogen (secondary N) is 2. The molecule has 8 heteroatoms. The molecule has 0 saturated carbocycles. The summed E-state index contributed by atoms with van der Waals surface area (Å²) in [5.41, 5.74) is -0.690. The molecule has 2 N–H and O–H groups in total. The van der Waals surface area contributed by atoms with Gasteiger partial charge in [0.15, 0.2) is 5.96 Å². The van der Waals surface area contributed by atoms with Gasteiger partial charge in [0.25, 0.3) is 5.91 Å². The van der Waals surface area contributed by atoms with Crippen molar-refractivity contribution in [1.29, 1.82) is 5.41 Å². The van der Waals surface area contributed by atoms with E-state index in [0.717, 1.165) is 25.7 Å². The maximum Gasteiger partial charge on any atom is 0.254 e. The summed E-state index contributed by atoms with van der Waals surface area (Å²) in [5, 5.41) is 11.2. The van der Waals surface area contributed by atoms with Crippen LogP contribution in [0.25, 0.3) is 0 Å². The number of guanidine groups is 1. The topological polar surface area (TPSA) is 93.6 Å². The third kappa shape index (κ3) is 4.74. The van der Waals surface area contributed by atoms with Gasteiger partial charge in [-0.3, -0.25) is 15.1 Å². The van der Waals surface area contributed by atoms with Crippen molar-refractivity contribution in [3.05, 3.63) is 23.1 Å². The van der Waals surface area contributed by atoms with Crippen LogP contribution in [0.1, 0.15) is 59.3 Å². The first-order chi connectivity index (χ1) is 13.6. The minimum Gasteiger partial charge on any atom is -0.342 e. The first-order valence-electron chi connectivity index (χ1n) is 10.7. The van der Waals surface area contributed by atoms with Crippen molar-refractivity contribution in [2.24, 2.45) is 11.8 Å². The van der Waals surface area contributed by atoms with Crippen LogP contribution in [0.5, 0.6) is 0 Å². The molecule has 2 heterocycles. The molecule has 0 aromatic rings. The molecule has 2 saturated heterocycles. The quantitative estimate of drug-likeness (QED) is 0.660. The summed E-state index contributed by atoms with van der Waals surface area (Å²) >= 11 is 0. The normalized spacial score (nSPS) is 26.9. The smallest absolute Gasteiger partial charge is 0.254 e. The van der Waals surface area contributed by atoms with Gasteiger partial charge >= 0.3 is 0 Å². The third-order valence-electron chi connectivity index (χ3n) is 6.18. The number of carbonyl (C=O) groups is 1. The van der Waals surface area contributed by atoms with Crippen LogP contribution in [0.2, 0.25) is 0 Å². The van der Waals surface area contributed by atoms with E-state index >= 15 is 0 Å². The molecule has 3 aliphatic rings. The first kappa shape index (κ1) is 22.0. The molecule has 2 fully saturated rings. The zero-order valence-electron chi connectivity index (χ0n) is 17.8. The summed E-state index contributed by atoms with van der Waals surface area (Å²) in [6.07, 6.45) is 10.00. The van der Waals surface area contributed by atoms with Crippen molar-refractivity contribution in [2.75, 3.05) is 19.6 Å². The molecular weight excluding hydrogens is 388 g/mol. The van der Waals surface area contributed by atoms with Crippen molar-refractivity contribution >= 4 is 21.9 Å². The second kappa shape index (κ2) is 8.60. The van der Waals surface area contributed by atoms with Crippen LogP contribution in [0.15, 0.2) is 23.1 Å². The number of piperidine rings is 1. The predicted molar refractivity (Wildman–Crippen MR) is 115 cm³/mol. The molecule has 7 nitrogen and oxygen atoms in total. The van der Waals surface area contributed by atoms with Gasteiger partial charge in [-0.1, -0.05) is 26.0 Å². The molecule has 1 atom stereocenters. The molecule has 0 radical (unpaired) electrons. The highest BCUT2D eigenvalue weighted by Gasteiger charge is 2.46. The average molecular weight is 423 g/mol. The van der Waals surface area contributed by atoms with E-state index in [2.05, 4.69) is 19.2 Å². The molecule has 3 rings (SSSR count). The van der Waals surface area contributed by atoms with Gasteiger partial charge in [0.05, 0.1) is 4.91 Å². The van der Waals surface area contributed by atoms with Gasteiger partial charge in [-0.15, -0.1) is 0 Å². The Balaban J connectivity index is 1.51. The van der Waals surface area contributed by atoms with Gasteiger partial charge in [-0.2, -0.15) is 4.31 Å². The monoisotopic (exact) mass is 422 g/mol. The van der Waals surface area contributed by atoms with Gasteiger partial charge in [-0.25, -0.2) is 8.42 Å². The number of hydrogen-bond donors (Lipinski definition) is 2. The average Bonchev–Trinajstić information content (AvgIpc) is 2.88. The Labute approximate surface area is 174 Å². The number of nitrogens with zero attached hydrogens (tertiary/aromatic N) is 2. The van der Waals surface area contributed by atoms with E-state index in [9.17, 15) is 13.2 Å². The molecule has 1 amide bonds. The summed E-state index contributed by atoms with van der Waals surface area (Å²) in [6.45, 7) is 7.61. The first-order valence-corrected chi connectivity index (χ1v) is 12.1. The van der Waals surface area contributed by atoms with Crippen LogP contribution in [0.4, 0.5) is 0 Å². The summed E-state index contributed by atoms with van der Waals surface area (Å²) in [7, 11) is -3.35. The van der Waals surface area contributed by atoms with E-state index in [1.807, 2.05) is 19.1 Å². The Kier molecular flexibility index (Phi) is 6.53. The lowest BCUT2D eigenvalue weighted by Crippen LogP contribution is -2.45. The van der Waals surface area contributed by atoms with Crippen molar-refractivity contribution < 1.29 is 13.2 Å². The molecule has 0 spiro atoms. The molecule has 162 valence electrons. The fourth-order valence-electron chi connectivity index (χ4n) is 4.66. The summed E-state index contributed by atoms with van der Waals surface area (Å²) in [4.78, 5) is 14.9. The molecule has 29 heavy (non-hydrogen) atoms. The number of hydrogen-bond acceptors (Lipinski definition) is 4. The molecule has 0 bridgehead atoms. The largest absolute Gasteiger partial charge is 0.342 e. The van der Waals surface area contributed by atoms with Gasteiger partial charge in [0, 0.05) is 19.6 Å². The maximum absolute atomic E-state index is 12.8. The molecule has 1 aliphatic carbocycles. The van der Waals surface area contributed by atoms with Crippen molar-refractivity contribution in [2.45, 2.75) is 64.8 Å². The van der Waals surface area contributed by atoms with E-state index in [1.165, 1.54) is 0 Å². The van der Waals surface area contributed by atoms with Crippen LogP contribution in [0, 0.1) is 17.2 Å². The Morgan fingerprint density at radius 1 is 1.31 bits per heavy atom. The number of carbonyl (C=O) groups excluding carboxylic acids is 1. The van der Waals surface area contributed by atoms with Crippen molar-refractivity contribution in [3.8, 4) is 0 Å². The summed E-state index contributed by atoms with van der Waals surface area (Å²) in [5.74, 6) is 0.911. The number of sulfonamides is 1. The van der Waals surface area contributed by atoms with E-state index in [-0.39, 0.29) is 11.9 Å². The van der Waals surface area contributed by atoms with E-state index in [1.54, 1.807) is 15.3 Å². The highest BCUT2D eigenvalue weighted by molar-refractivity contribution is 7.93. The third-order valence-corrected chi connectivity index (χ3v) is 8.23. The summed E-state index contributed by atoms with van der Waals surface area (Å²) in [6, 6.07) is 0. The second-order valence-electron chi connectivity index (χ2n) is 9.10. The van der Waals surface area contributed by atoms with Gasteiger partial charge in [-0.05, 0) is 63.4 Å². The SMILES string of the molecule is CC(C)CC1(C)NC(=N)N(CCC2CCN(S(=O)(=O)C3=CC=CCC3)CC2)C1=O. The Morgan fingerprint density at radius 3 is 2.59 bits per heavy atom. The summed E-state index contributed by atoms with van der Waals surface area (Å²) < 4.78 is 27.2. The standard InChI is InChI=1S/C21H34N4O3S/c1-16(2)15-21(3)19(26)25(20(22)23-21)14-11-17-9-12-24(13-10-17)29(27,28)18-7-5-4-6-8-18/h4-5,7,16-17H,6,8-15H2,1-3H3,(H2,22,23). The zero-order chi connectivity index (χ0) is 21.2. The second-order valence-corrected chi connectivity index (χ2v) is 11.1. The fourth-order valence-corrected chi connectivity index (χ4v) is 6.31.